The van der Waals surface area contributed by atoms with Crippen molar-refractivity contribution >= 4 is 17.9 Å². The number of nitrogens with zero attached hydrogens (tertiary/aromatic N) is 2. The van der Waals surface area contributed by atoms with Crippen LogP contribution in [-0.2, 0) is 14.3 Å². The molecule has 2 fully saturated rings. The van der Waals surface area contributed by atoms with Crippen molar-refractivity contribution in [2.24, 2.45) is 5.41 Å². The number of carbonyl (C=O) groups excluding carboxylic acids is 2. The van der Waals surface area contributed by atoms with E-state index in [0.29, 0.717) is 39.1 Å². The molecule has 2 rings (SSSR count). The van der Waals surface area contributed by atoms with Gasteiger partial charge in [0.05, 0.1) is 5.41 Å². The number of carboxylic acid groups (broad SMARTS) is 1. The second-order valence-electron chi connectivity index (χ2n) is 5.59. The molecule has 0 saturated carbocycles. The first kappa shape index (κ1) is 15.6. The Kier molecular flexibility index (Phi) is 4.66. The van der Waals surface area contributed by atoms with E-state index in [4.69, 9.17) is 4.74 Å². The van der Waals surface area contributed by atoms with Crippen LogP contribution in [0.15, 0.2) is 0 Å². The summed E-state index contributed by atoms with van der Waals surface area (Å²) in [7, 11) is 1.69. The highest BCUT2D eigenvalue weighted by atomic mass is 16.5. The maximum Gasteiger partial charge on any atom is 0.317 e. The molecule has 2 N–H and O–H groups in total. The molecular weight excluding hydrogens is 278 g/mol. The number of carboxylic acids is 1. The largest absolute Gasteiger partial charge is 0.481 e. The SMILES string of the molecule is CN1CCN(C(=O)NCC2(C(=O)O)CCOCC2)CC1=O. The van der Waals surface area contributed by atoms with Crippen LogP contribution in [0.2, 0.25) is 0 Å². The molecule has 3 amide bonds. The van der Waals surface area contributed by atoms with Crippen molar-refractivity contribution in [1.82, 2.24) is 15.1 Å². The first-order chi connectivity index (χ1) is 9.94. The van der Waals surface area contributed by atoms with Crippen molar-refractivity contribution in [3.8, 4) is 0 Å². The van der Waals surface area contributed by atoms with Crippen molar-refractivity contribution in [1.29, 1.82) is 0 Å². The van der Waals surface area contributed by atoms with E-state index in [1.807, 2.05) is 0 Å². The first-order valence-electron chi connectivity index (χ1n) is 7.02. The quantitative estimate of drug-likeness (QED) is 0.721. The summed E-state index contributed by atoms with van der Waals surface area (Å²) in [5.41, 5.74) is -0.968. The third kappa shape index (κ3) is 3.44. The highest BCUT2D eigenvalue weighted by Gasteiger charge is 2.41. The van der Waals surface area contributed by atoms with Crippen molar-refractivity contribution in [2.75, 3.05) is 46.4 Å². The molecule has 0 spiro atoms. The Hall–Kier alpha value is -1.83. The standard InChI is InChI=1S/C13H21N3O5/c1-15-4-5-16(8-10(15)17)12(20)14-9-13(11(18)19)2-6-21-7-3-13/h2-9H2,1H3,(H,14,20)(H,18,19). The fourth-order valence-electron chi connectivity index (χ4n) is 2.52. The van der Waals surface area contributed by atoms with Gasteiger partial charge in [-0.2, -0.15) is 0 Å². The summed E-state index contributed by atoms with van der Waals surface area (Å²) in [6.45, 7) is 1.81. The first-order valence-corrected chi connectivity index (χ1v) is 7.02. The van der Waals surface area contributed by atoms with Crippen molar-refractivity contribution < 1.29 is 24.2 Å². The van der Waals surface area contributed by atoms with E-state index in [1.54, 1.807) is 11.9 Å². The predicted molar refractivity (Wildman–Crippen MR) is 72.7 cm³/mol. The van der Waals surface area contributed by atoms with Gasteiger partial charge in [-0.05, 0) is 12.8 Å². The third-order valence-electron chi connectivity index (χ3n) is 4.23. The van der Waals surface area contributed by atoms with E-state index in [-0.39, 0.29) is 25.0 Å². The normalized spacial score (nSPS) is 22.0. The number of nitrogens with one attached hydrogen (secondary N) is 1. The van der Waals surface area contributed by atoms with Crippen LogP contribution in [0, 0.1) is 5.41 Å². The Morgan fingerprint density at radius 3 is 2.57 bits per heavy atom. The number of urea groups is 1. The highest BCUT2D eigenvalue weighted by Crippen LogP contribution is 2.30. The van der Waals surface area contributed by atoms with Crippen LogP contribution in [0.3, 0.4) is 0 Å². The van der Waals surface area contributed by atoms with Gasteiger partial charge in [-0.3, -0.25) is 9.59 Å². The number of hydrogen-bond acceptors (Lipinski definition) is 4. The van der Waals surface area contributed by atoms with Gasteiger partial charge in [0.2, 0.25) is 5.91 Å². The van der Waals surface area contributed by atoms with Gasteiger partial charge in [0.1, 0.15) is 6.54 Å². The van der Waals surface area contributed by atoms with Crippen LogP contribution in [0.1, 0.15) is 12.8 Å². The molecule has 8 nitrogen and oxygen atoms in total. The van der Waals surface area contributed by atoms with Gasteiger partial charge in [0, 0.05) is 39.9 Å². The summed E-state index contributed by atoms with van der Waals surface area (Å²) in [5, 5.41) is 12.1. The number of ether oxygens (including phenoxy) is 1. The van der Waals surface area contributed by atoms with Gasteiger partial charge in [-0.25, -0.2) is 4.79 Å². The Bertz CT molecular complexity index is 434. The molecule has 0 aromatic carbocycles. The van der Waals surface area contributed by atoms with Gasteiger partial charge in [-0.1, -0.05) is 0 Å². The molecule has 0 atom stereocenters. The Labute approximate surface area is 123 Å². The average Bonchev–Trinajstić information content (AvgIpc) is 2.48. The molecule has 2 heterocycles. The molecule has 0 unspecified atom stereocenters. The fraction of sp³-hybridized carbons (Fsp3) is 0.769. The minimum absolute atomic E-state index is 0.0332. The Balaban J connectivity index is 1.90. The zero-order valence-corrected chi connectivity index (χ0v) is 12.1. The summed E-state index contributed by atoms with van der Waals surface area (Å²) in [5.74, 6) is -1.03. The second kappa shape index (κ2) is 6.30. The molecule has 2 aliphatic rings. The molecule has 0 bridgehead atoms. The number of amides is 3. The van der Waals surface area contributed by atoms with E-state index < -0.39 is 11.4 Å². The summed E-state index contributed by atoms with van der Waals surface area (Å²) in [4.78, 5) is 38.1. The number of carbonyl (C=O) groups is 3. The van der Waals surface area contributed by atoms with Crippen molar-refractivity contribution in [3.63, 3.8) is 0 Å². The van der Waals surface area contributed by atoms with Crippen LogP contribution in [0.25, 0.3) is 0 Å². The van der Waals surface area contributed by atoms with Crippen molar-refractivity contribution in [2.45, 2.75) is 12.8 Å². The minimum Gasteiger partial charge on any atom is -0.481 e. The van der Waals surface area contributed by atoms with Crippen LogP contribution < -0.4 is 5.32 Å². The van der Waals surface area contributed by atoms with Gasteiger partial charge in [0.25, 0.3) is 0 Å². The molecule has 2 saturated heterocycles. The predicted octanol–water partition coefficient (Wildman–Crippen LogP) is -0.649. The molecule has 2 aliphatic heterocycles. The molecular formula is C13H21N3O5. The summed E-state index contributed by atoms with van der Waals surface area (Å²) in [6, 6.07) is -0.386. The Morgan fingerprint density at radius 1 is 1.33 bits per heavy atom. The van der Waals surface area contributed by atoms with E-state index in [1.165, 1.54) is 4.90 Å². The summed E-state index contributed by atoms with van der Waals surface area (Å²) >= 11 is 0. The zero-order valence-electron chi connectivity index (χ0n) is 12.1. The molecule has 21 heavy (non-hydrogen) atoms. The maximum absolute atomic E-state index is 12.1. The van der Waals surface area contributed by atoms with Crippen LogP contribution in [0.4, 0.5) is 4.79 Å². The highest BCUT2D eigenvalue weighted by molar-refractivity contribution is 5.85. The van der Waals surface area contributed by atoms with E-state index in [2.05, 4.69) is 5.32 Å². The zero-order chi connectivity index (χ0) is 15.5. The second-order valence-corrected chi connectivity index (χ2v) is 5.59. The molecule has 0 radical (unpaired) electrons. The molecule has 118 valence electrons. The lowest BCUT2D eigenvalue weighted by Gasteiger charge is -2.35. The van der Waals surface area contributed by atoms with Crippen LogP contribution >= 0.6 is 0 Å². The number of hydrogen-bond donors (Lipinski definition) is 2. The fourth-order valence-corrected chi connectivity index (χ4v) is 2.52. The monoisotopic (exact) mass is 299 g/mol. The number of rotatable bonds is 3. The van der Waals surface area contributed by atoms with Crippen molar-refractivity contribution in [3.05, 3.63) is 0 Å². The lowest BCUT2D eigenvalue weighted by Crippen LogP contribution is -2.55. The van der Waals surface area contributed by atoms with Crippen LogP contribution in [-0.4, -0.2) is 79.3 Å². The van der Waals surface area contributed by atoms with E-state index in [0.717, 1.165) is 0 Å². The minimum atomic E-state index is -0.968. The number of piperazine rings is 1. The molecule has 0 aromatic heterocycles. The lowest BCUT2D eigenvalue weighted by atomic mass is 9.80. The van der Waals surface area contributed by atoms with Gasteiger partial charge >= 0.3 is 12.0 Å². The Morgan fingerprint density at radius 2 is 2.00 bits per heavy atom. The smallest absolute Gasteiger partial charge is 0.317 e. The van der Waals surface area contributed by atoms with E-state index in [9.17, 15) is 19.5 Å². The lowest BCUT2D eigenvalue weighted by molar-refractivity contribution is -0.154. The van der Waals surface area contributed by atoms with Gasteiger partial charge < -0.3 is 25.0 Å². The molecule has 0 aliphatic carbocycles. The maximum atomic E-state index is 12.1. The molecule has 0 aromatic rings. The van der Waals surface area contributed by atoms with Gasteiger partial charge in [-0.15, -0.1) is 0 Å². The molecule has 8 heteroatoms. The van der Waals surface area contributed by atoms with E-state index >= 15 is 0 Å². The average molecular weight is 299 g/mol. The topological polar surface area (TPSA) is 99.2 Å². The number of likely N-dealkylation sites (N-methyl/N-ethyl adjacent to an activating group) is 1. The van der Waals surface area contributed by atoms with Crippen LogP contribution in [0.5, 0.6) is 0 Å². The third-order valence-corrected chi connectivity index (χ3v) is 4.23. The summed E-state index contributed by atoms with van der Waals surface area (Å²) < 4.78 is 5.19. The van der Waals surface area contributed by atoms with Gasteiger partial charge in [0.15, 0.2) is 0 Å². The number of aliphatic carboxylic acids is 1. The summed E-state index contributed by atoms with van der Waals surface area (Å²) in [6.07, 6.45) is 0.758.